The van der Waals surface area contributed by atoms with Crippen LogP contribution in [0.4, 0.5) is 0 Å². The van der Waals surface area contributed by atoms with Crippen LogP contribution in [0, 0.1) is 0 Å². The van der Waals surface area contributed by atoms with Gasteiger partial charge in [0.25, 0.3) is 0 Å². The first-order valence-electron chi connectivity index (χ1n) is 3.98. The van der Waals surface area contributed by atoms with Crippen LogP contribution in [0.3, 0.4) is 0 Å². The third-order valence-corrected chi connectivity index (χ3v) is 0. The second-order valence-electron chi connectivity index (χ2n) is 1.15. The quantitative estimate of drug-likeness (QED) is 0.372. The van der Waals surface area contributed by atoms with Crippen LogP contribution in [0.2, 0.25) is 0 Å². The minimum Gasteiger partial charge on any atom is -0.855 e. The molecule has 0 radical (unpaired) electrons. The van der Waals surface area contributed by atoms with Gasteiger partial charge in [0.05, 0.1) is 0 Å². The average Bonchev–Trinajstić information content (AvgIpc) is 1.92. The van der Waals surface area contributed by atoms with E-state index in [2.05, 4.69) is 0 Å². The minimum absolute atomic E-state index is 0. The molecule has 0 saturated carbocycles. The zero-order valence-electron chi connectivity index (χ0n) is 9.46. The van der Waals surface area contributed by atoms with Crippen LogP contribution < -0.4 is 20.4 Å². The average molecular weight is 433 g/mol. The van der Waals surface area contributed by atoms with Crippen molar-refractivity contribution in [3.05, 3.63) is 0 Å². The van der Waals surface area contributed by atoms with Gasteiger partial charge < -0.3 is 20.4 Å². The number of hydrogen-bond acceptors (Lipinski definition) is 4. The van der Waals surface area contributed by atoms with Crippen molar-refractivity contribution in [2.45, 2.75) is 27.7 Å². The molecule has 0 spiro atoms. The Kier molecular flexibility index (Phi) is 282. The third kappa shape index (κ3) is 679. The van der Waals surface area contributed by atoms with Crippen LogP contribution in [-0.4, -0.2) is 49.5 Å². The van der Waals surface area contributed by atoms with Crippen molar-refractivity contribution >= 4 is 23.1 Å². The molecular formula is C8H22HfMgO4Ti. The summed E-state index contributed by atoms with van der Waals surface area (Å²) < 4.78 is 0. The fourth-order valence-corrected chi connectivity index (χ4v) is 0. The summed E-state index contributed by atoms with van der Waals surface area (Å²) in [6.45, 7) is 6.28. The van der Waals surface area contributed by atoms with E-state index in [-0.39, 0.29) is 97.0 Å². The predicted octanol–water partition coefficient (Wildman–Crippen LogP) is -3.45. The molecule has 0 aliphatic heterocycles. The molecule has 0 aliphatic carbocycles. The second-order valence-corrected chi connectivity index (χ2v) is 1.15. The summed E-state index contributed by atoms with van der Waals surface area (Å²) in [5.74, 6) is 0. The SMILES string of the molecule is CC[O-].CC[O-].CC[O-].CC[O-].[Hf].[MgH2].[Ti+4]. The summed E-state index contributed by atoms with van der Waals surface area (Å²) in [4.78, 5) is 0. The fourth-order valence-electron chi connectivity index (χ4n) is 0. The van der Waals surface area contributed by atoms with Gasteiger partial charge in [-0.3, -0.25) is 0 Å². The number of hydrogen-bond donors (Lipinski definition) is 0. The van der Waals surface area contributed by atoms with Crippen molar-refractivity contribution < 1.29 is 68.0 Å². The Morgan fingerprint density at radius 2 is 0.600 bits per heavy atom. The Hall–Kier alpha value is 2.19. The van der Waals surface area contributed by atoms with E-state index in [1.807, 2.05) is 0 Å². The van der Waals surface area contributed by atoms with Gasteiger partial charge in [-0.1, -0.05) is 27.7 Å². The van der Waals surface area contributed by atoms with Gasteiger partial charge in [0.15, 0.2) is 0 Å². The molecule has 0 heterocycles. The summed E-state index contributed by atoms with van der Waals surface area (Å²) in [6, 6.07) is 0. The van der Waals surface area contributed by atoms with Crippen LogP contribution >= 0.6 is 0 Å². The molecule has 4 nitrogen and oxygen atoms in total. The van der Waals surface area contributed by atoms with Crippen LogP contribution in [0.15, 0.2) is 0 Å². The second kappa shape index (κ2) is 97.5. The molecule has 0 bridgehead atoms. The molecule has 0 rings (SSSR count). The molecule has 15 heavy (non-hydrogen) atoms. The Labute approximate surface area is 144 Å². The van der Waals surface area contributed by atoms with E-state index >= 15 is 0 Å². The number of rotatable bonds is 0. The molecule has 0 N–H and O–H groups in total. The van der Waals surface area contributed by atoms with E-state index in [0.717, 1.165) is 0 Å². The van der Waals surface area contributed by atoms with Crippen molar-refractivity contribution in [2.24, 2.45) is 0 Å². The summed E-state index contributed by atoms with van der Waals surface area (Å²) in [6.07, 6.45) is 0. The molecule has 88 valence electrons. The van der Waals surface area contributed by atoms with Gasteiger partial charge in [0.2, 0.25) is 0 Å². The topological polar surface area (TPSA) is 92.2 Å². The first kappa shape index (κ1) is 43.4. The molecule has 0 aliphatic rings. The van der Waals surface area contributed by atoms with Crippen LogP contribution in [0.1, 0.15) is 27.7 Å². The van der Waals surface area contributed by atoms with Gasteiger partial charge in [0.1, 0.15) is 0 Å². The van der Waals surface area contributed by atoms with Crippen molar-refractivity contribution in [1.29, 1.82) is 0 Å². The van der Waals surface area contributed by atoms with Crippen LogP contribution in [-0.2, 0) is 47.6 Å². The van der Waals surface area contributed by atoms with E-state index in [9.17, 15) is 0 Å². The molecule has 0 atom stereocenters. The van der Waals surface area contributed by atoms with Gasteiger partial charge >= 0.3 is 44.8 Å². The van der Waals surface area contributed by atoms with Gasteiger partial charge in [-0.15, -0.1) is 26.4 Å². The van der Waals surface area contributed by atoms with Crippen molar-refractivity contribution in [3.63, 3.8) is 0 Å². The molecule has 0 fully saturated rings. The molecule has 0 saturated heterocycles. The van der Waals surface area contributed by atoms with Crippen LogP contribution in [0.5, 0.6) is 0 Å². The fraction of sp³-hybridized carbons (Fsp3) is 1.00. The van der Waals surface area contributed by atoms with E-state index in [4.69, 9.17) is 20.4 Å². The molecule has 0 aromatic heterocycles. The Morgan fingerprint density at radius 3 is 0.600 bits per heavy atom. The third-order valence-electron chi connectivity index (χ3n) is 0. The molecule has 0 amide bonds. The van der Waals surface area contributed by atoms with Gasteiger partial charge in [0, 0.05) is 25.8 Å². The zero-order chi connectivity index (χ0) is 10.8. The van der Waals surface area contributed by atoms with E-state index in [1.165, 1.54) is 0 Å². The van der Waals surface area contributed by atoms with Gasteiger partial charge in [-0.25, -0.2) is 0 Å². The van der Waals surface area contributed by atoms with Gasteiger partial charge in [-0.2, -0.15) is 0 Å². The molecule has 0 aromatic rings. The standard InChI is InChI=1S/4C2H5O.Hf.Mg.Ti.2H/c4*1-2-3;;;;;/h4*2H2,1H3;;;;;/q4*-1;;;+4;;. The summed E-state index contributed by atoms with van der Waals surface area (Å²) in [5.41, 5.74) is 0. The Morgan fingerprint density at radius 1 is 0.600 bits per heavy atom. The zero-order valence-corrected chi connectivity index (χ0v) is 14.6. The van der Waals surface area contributed by atoms with Crippen molar-refractivity contribution in [2.75, 3.05) is 26.4 Å². The van der Waals surface area contributed by atoms with Crippen LogP contribution in [0.25, 0.3) is 0 Å². The van der Waals surface area contributed by atoms with Crippen molar-refractivity contribution in [3.8, 4) is 0 Å². The first-order chi connectivity index (χ1) is 5.66. The van der Waals surface area contributed by atoms with Crippen molar-refractivity contribution in [1.82, 2.24) is 0 Å². The molecule has 7 heteroatoms. The van der Waals surface area contributed by atoms with E-state index in [1.54, 1.807) is 27.7 Å². The predicted molar refractivity (Wildman–Crippen MR) is 50.7 cm³/mol. The molecule has 0 unspecified atom stereocenters. The monoisotopic (exact) mass is 434 g/mol. The summed E-state index contributed by atoms with van der Waals surface area (Å²) >= 11 is 0. The maximum absolute atomic E-state index is 8.93. The van der Waals surface area contributed by atoms with E-state index in [0.29, 0.717) is 0 Å². The maximum Gasteiger partial charge on any atom is 4.00 e. The minimum atomic E-state index is 0. The largest absolute Gasteiger partial charge is 4.00 e. The Bertz CT molecular complexity index is 34.6. The molecular weight excluding hydrogens is 411 g/mol. The Balaban J connectivity index is -0.0000000107. The smallest absolute Gasteiger partial charge is 0.855 e. The van der Waals surface area contributed by atoms with Gasteiger partial charge in [-0.05, 0) is 0 Å². The van der Waals surface area contributed by atoms with E-state index < -0.39 is 0 Å². The maximum atomic E-state index is 8.93. The molecule has 0 aromatic carbocycles. The summed E-state index contributed by atoms with van der Waals surface area (Å²) in [7, 11) is 0. The first-order valence-corrected chi connectivity index (χ1v) is 3.98. The summed E-state index contributed by atoms with van der Waals surface area (Å²) in [5, 5.41) is 35.7. The normalized spacial score (nSPS) is 4.80.